The molecule has 0 unspecified atom stereocenters. The molecule has 1 aromatic carbocycles. The highest BCUT2D eigenvalue weighted by molar-refractivity contribution is 5.94. The van der Waals surface area contributed by atoms with Gasteiger partial charge in [0.15, 0.2) is 0 Å². The van der Waals surface area contributed by atoms with E-state index in [0.717, 1.165) is 17.3 Å². The molecule has 2 aliphatic rings. The van der Waals surface area contributed by atoms with E-state index in [-0.39, 0.29) is 24.7 Å². The largest absolute Gasteiger partial charge is 0.369 e. The summed E-state index contributed by atoms with van der Waals surface area (Å²) in [5, 5.41) is 4.48. The Morgan fingerprint density at radius 2 is 2.04 bits per heavy atom. The van der Waals surface area contributed by atoms with Crippen LogP contribution in [-0.2, 0) is 31.2 Å². The quantitative estimate of drug-likeness (QED) is 0.785. The van der Waals surface area contributed by atoms with Gasteiger partial charge in [-0.3, -0.25) is 9.48 Å². The van der Waals surface area contributed by atoms with Crippen LogP contribution in [0.15, 0.2) is 12.1 Å². The van der Waals surface area contributed by atoms with Gasteiger partial charge in [-0.15, -0.1) is 0 Å². The SMILES string of the molecule is C[C@@H]1Cc2c(nn(C)c2C(=O)N2CCc3c(F)cc(F)cc3C2)[C@H](C)O1. The number of aryl methyl sites for hydroxylation is 1. The van der Waals surface area contributed by atoms with E-state index in [0.29, 0.717) is 36.2 Å². The van der Waals surface area contributed by atoms with Gasteiger partial charge in [0.25, 0.3) is 5.91 Å². The molecule has 1 aromatic heterocycles. The van der Waals surface area contributed by atoms with Gasteiger partial charge in [-0.2, -0.15) is 5.10 Å². The third kappa shape index (κ3) is 2.70. The average molecular weight is 361 g/mol. The first kappa shape index (κ1) is 17.1. The fourth-order valence-corrected chi connectivity index (χ4v) is 4.06. The molecule has 2 aromatic rings. The van der Waals surface area contributed by atoms with Crippen LogP contribution in [0.4, 0.5) is 8.78 Å². The molecule has 5 nitrogen and oxygen atoms in total. The molecule has 0 bridgehead atoms. The molecule has 3 heterocycles. The van der Waals surface area contributed by atoms with Crippen LogP contribution < -0.4 is 0 Å². The van der Waals surface area contributed by atoms with Gasteiger partial charge in [-0.25, -0.2) is 8.78 Å². The van der Waals surface area contributed by atoms with E-state index in [1.807, 2.05) is 13.8 Å². The minimum atomic E-state index is -0.617. The first-order valence-corrected chi connectivity index (χ1v) is 8.82. The van der Waals surface area contributed by atoms with Gasteiger partial charge in [0.2, 0.25) is 0 Å². The Balaban J connectivity index is 1.67. The van der Waals surface area contributed by atoms with Crippen molar-refractivity contribution in [3.05, 3.63) is 51.8 Å². The fourth-order valence-electron chi connectivity index (χ4n) is 4.06. The summed E-state index contributed by atoms with van der Waals surface area (Å²) in [6.45, 7) is 4.50. The highest BCUT2D eigenvalue weighted by Crippen LogP contribution is 2.32. The van der Waals surface area contributed by atoms with Crippen molar-refractivity contribution in [1.29, 1.82) is 0 Å². The van der Waals surface area contributed by atoms with Gasteiger partial charge in [0.1, 0.15) is 17.3 Å². The molecule has 138 valence electrons. The number of hydrogen-bond acceptors (Lipinski definition) is 3. The number of rotatable bonds is 1. The second-order valence-electron chi connectivity index (χ2n) is 7.13. The molecule has 0 spiro atoms. The first-order chi connectivity index (χ1) is 12.3. The maximum absolute atomic E-state index is 13.9. The number of benzene rings is 1. The van der Waals surface area contributed by atoms with Crippen LogP contribution in [-0.4, -0.2) is 33.2 Å². The maximum atomic E-state index is 13.9. The topological polar surface area (TPSA) is 47.4 Å². The molecule has 2 aliphatic heterocycles. The Morgan fingerprint density at radius 1 is 1.27 bits per heavy atom. The molecular formula is C19H21F2N3O2. The Bertz CT molecular complexity index is 893. The van der Waals surface area contributed by atoms with E-state index in [4.69, 9.17) is 4.74 Å². The summed E-state index contributed by atoms with van der Waals surface area (Å²) in [6.07, 6.45) is 0.857. The van der Waals surface area contributed by atoms with Crippen molar-refractivity contribution in [3.8, 4) is 0 Å². The number of aromatic nitrogens is 2. The fraction of sp³-hybridized carbons (Fsp3) is 0.474. The second kappa shape index (κ2) is 6.16. The Labute approximate surface area is 150 Å². The second-order valence-corrected chi connectivity index (χ2v) is 7.13. The van der Waals surface area contributed by atoms with Crippen LogP contribution >= 0.6 is 0 Å². The lowest BCUT2D eigenvalue weighted by Crippen LogP contribution is -2.38. The van der Waals surface area contributed by atoms with Crippen molar-refractivity contribution in [1.82, 2.24) is 14.7 Å². The van der Waals surface area contributed by atoms with Crippen molar-refractivity contribution < 1.29 is 18.3 Å². The van der Waals surface area contributed by atoms with Gasteiger partial charge in [0, 0.05) is 38.2 Å². The molecule has 0 N–H and O–H groups in total. The summed E-state index contributed by atoms with van der Waals surface area (Å²) < 4.78 is 34.9. The standard InChI is InChI=1S/C19H21F2N3O2/c1-10-6-15-17(11(2)26-10)22-23(3)18(15)19(25)24-5-4-14-12(9-24)7-13(20)8-16(14)21/h7-8,10-11H,4-6,9H2,1-3H3/t10-,11+/m1/s1. The van der Waals surface area contributed by atoms with E-state index < -0.39 is 11.6 Å². The highest BCUT2D eigenvalue weighted by Gasteiger charge is 2.34. The van der Waals surface area contributed by atoms with Crippen molar-refractivity contribution in [2.45, 2.75) is 45.4 Å². The lowest BCUT2D eigenvalue weighted by Gasteiger charge is -2.30. The lowest BCUT2D eigenvalue weighted by atomic mass is 9.96. The summed E-state index contributed by atoms with van der Waals surface area (Å²) >= 11 is 0. The van der Waals surface area contributed by atoms with E-state index in [1.54, 1.807) is 16.6 Å². The maximum Gasteiger partial charge on any atom is 0.272 e. The van der Waals surface area contributed by atoms with Crippen molar-refractivity contribution in [3.63, 3.8) is 0 Å². The highest BCUT2D eigenvalue weighted by atomic mass is 19.1. The number of hydrogen-bond donors (Lipinski definition) is 0. The molecular weight excluding hydrogens is 340 g/mol. The van der Waals surface area contributed by atoms with Crippen LogP contribution in [0.1, 0.15) is 52.8 Å². The van der Waals surface area contributed by atoms with Crippen LogP contribution in [0.5, 0.6) is 0 Å². The molecule has 2 atom stereocenters. The minimum Gasteiger partial charge on any atom is -0.369 e. The normalized spacial score (nSPS) is 22.1. The van der Waals surface area contributed by atoms with Gasteiger partial charge in [-0.05, 0) is 37.5 Å². The van der Waals surface area contributed by atoms with Gasteiger partial charge in [-0.1, -0.05) is 0 Å². The summed E-state index contributed by atoms with van der Waals surface area (Å²) in [6, 6.07) is 2.21. The van der Waals surface area contributed by atoms with Gasteiger partial charge in [0.05, 0.1) is 17.9 Å². The van der Waals surface area contributed by atoms with E-state index in [9.17, 15) is 13.6 Å². The molecule has 4 rings (SSSR count). The Morgan fingerprint density at radius 3 is 2.81 bits per heavy atom. The summed E-state index contributed by atoms with van der Waals surface area (Å²) in [5.74, 6) is -1.31. The number of carbonyl (C=O) groups is 1. The number of carbonyl (C=O) groups excluding carboxylic acids is 1. The average Bonchev–Trinajstić information content (AvgIpc) is 2.90. The zero-order chi connectivity index (χ0) is 18.6. The molecule has 0 saturated carbocycles. The Hall–Kier alpha value is -2.28. The third-order valence-electron chi connectivity index (χ3n) is 5.22. The third-order valence-corrected chi connectivity index (χ3v) is 5.22. The van der Waals surface area contributed by atoms with Crippen molar-refractivity contribution in [2.75, 3.05) is 6.54 Å². The summed E-state index contributed by atoms with van der Waals surface area (Å²) in [7, 11) is 1.75. The van der Waals surface area contributed by atoms with Crippen molar-refractivity contribution >= 4 is 5.91 Å². The molecule has 7 heteroatoms. The molecule has 0 saturated heterocycles. The smallest absolute Gasteiger partial charge is 0.272 e. The van der Waals surface area contributed by atoms with Crippen LogP contribution in [0.2, 0.25) is 0 Å². The molecule has 0 radical (unpaired) electrons. The number of nitrogens with zero attached hydrogens (tertiary/aromatic N) is 3. The number of amides is 1. The number of fused-ring (bicyclic) bond motifs is 2. The summed E-state index contributed by atoms with van der Waals surface area (Å²) in [4.78, 5) is 14.8. The minimum absolute atomic E-state index is 0.0125. The monoisotopic (exact) mass is 361 g/mol. The lowest BCUT2D eigenvalue weighted by molar-refractivity contribution is -0.00714. The zero-order valence-electron chi connectivity index (χ0n) is 15.1. The van der Waals surface area contributed by atoms with Gasteiger partial charge >= 0.3 is 0 Å². The van der Waals surface area contributed by atoms with Crippen LogP contribution in [0, 0.1) is 11.6 Å². The number of halogens is 2. The predicted octanol–water partition coefficient (Wildman–Crippen LogP) is 2.92. The molecule has 26 heavy (non-hydrogen) atoms. The van der Waals surface area contributed by atoms with E-state index >= 15 is 0 Å². The van der Waals surface area contributed by atoms with Crippen LogP contribution in [0.25, 0.3) is 0 Å². The van der Waals surface area contributed by atoms with Crippen molar-refractivity contribution in [2.24, 2.45) is 7.05 Å². The van der Waals surface area contributed by atoms with E-state index in [1.165, 1.54) is 6.07 Å². The van der Waals surface area contributed by atoms with Gasteiger partial charge < -0.3 is 9.64 Å². The number of ether oxygens (including phenoxy) is 1. The molecule has 1 amide bonds. The Kier molecular flexibility index (Phi) is 4.06. The molecule has 0 fully saturated rings. The first-order valence-electron chi connectivity index (χ1n) is 8.82. The zero-order valence-corrected chi connectivity index (χ0v) is 15.1. The molecule has 0 aliphatic carbocycles. The summed E-state index contributed by atoms with van der Waals surface area (Å²) in [5.41, 5.74) is 3.28. The van der Waals surface area contributed by atoms with Crippen LogP contribution in [0.3, 0.4) is 0 Å². The van der Waals surface area contributed by atoms with E-state index in [2.05, 4.69) is 5.10 Å². The predicted molar refractivity (Wildman–Crippen MR) is 90.7 cm³/mol.